The zero-order valence-electron chi connectivity index (χ0n) is 23.1. The van der Waals surface area contributed by atoms with Gasteiger partial charge < -0.3 is 9.13 Å². The van der Waals surface area contributed by atoms with Crippen LogP contribution in [0.2, 0.25) is 0 Å². The summed E-state index contributed by atoms with van der Waals surface area (Å²) >= 11 is 0. The molecular formula is C40H21BN2. The molecule has 8 aromatic carbocycles. The Kier molecular flexibility index (Phi) is 3.41. The molecule has 2 aliphatic heterocycles. The lowest BCUT2D eigenvalue weighted by Crippen LogP contribution is -2.59. The van der Waals surface area contributed by atoms with Crippen molar-refractivity contribution in [1.82, 2.24) is 9.13 Å². The van der Waals surface area contributed by atoms with Crippen molar-refractivity contribution in [1.29, 1.82) is 0 Å². The number of hydrogen-bond donors (Lipinski definition) is 0. The van der Waals surface area contributed by atoms with Gasteiger partial charge in [0.2, 0.25) is 0 Å². The fourth-order valence-corrected chi connectivity index (χ4v) is 9.16. The van der Waals surface area contributed by atoms with Gasteiger partial charge in [0.25, 0.3) is 6.71 Å². The minimum atomic E-state index is 0.174. The first-order valence-electron chi connectivity index (χ1n) is 15.2. The third-order valence-electron chi connectivity index (χ3n) is 10.6. The van der Waals surface area contributed by atoms with Gasteiger partial charge in [-0.25, -0.2) is 0 Å². The first-order chi connectivity index (χ1) is 21.4. The van der Waals surface area contributed by atoms with Crippen LogP contribution in [-0.4, -0.2) is 15.8 Å². The Balaban J connectivity index is 1.38. The third kappa shape index (κ3) is 2.20. The summed E-state index contributed by atoms with van der Waals surface area (Å²) < 4.78 is 5.16. The number of fused-ring (bicyclic) bond motifs is 12. The summed E-state index contributed by atoms with van der Waals surface area (Å²) in [6.07, 6.45) is 0. The highest BCUT2D eigenvalue weighted by atomic mass is 15.0. The molecule has 0 N–H and O–H groups in total. The molecule has 2 aromatic heterocycles. The summed E-state index contributed by atoms with van der Waals surface area (Å²) in [5.41, 5.74) is 12.1. The second-order valence-electron chi connectivity index (χ2n) is 12.4. The average Bonchev–Trinajstić information content (AvgIpc) is 3.59. The summed E-state index contributed by atoms with van der Waals surface area (Å²) in [5.74, 6) is 0. The minimum absolute atomic E-state index is 0.174. The highest BCUT2D eigenvalue weighted by Gasteiger charge is 2.40. The van der Waals surface area contributed by atoms with Crippen LogP contribution in [0.3, 0.4) is 0 Å². The number of para-hydroxylation sites is 3. The van der Waals surface area contributed by atoms with E-state index in [0.29, 0.717) is 0 Å². The third-order valence-corrected chi connectivity index (χ3v) is 10.6. The van der Waals surface area contributed by atoms with Gasteiger partial charge in [-0.2, -0.15) is 0 Å². The molecule has 0 amide bonds. The largest absolute Gasteiger partial charge is 0.310 e. The molecule has 0 bridgehead atoms. The van der Waals surface area contributed by atoms with Crippen LogP contribution in [0.15, 0.2) is 127 Å². The van der Waals surface area contributed by atoms with Gasteiger partial charge in [0, 0.05) is 49.3 Å². The van der Waals surface area contributed by atoms with Crippen molar-refractivity contribution in [3.63, 3.8) is 0 Å². The molecule has 4 heterocycles. The Hall–Kier alpha value is -5.54. The molecule has 0 atom stereocenters. The van der Waals surface area contributed by atoms with E-state index in [4.69, 9.17) is 0 Å². The monoisotopic (exact) mass is 540 g/mol. The van der Waals surface area contributed by atoms with E-state index in [9.17, 15) is 0 Å². The fraction of sp³-hybridized carbons (Fsp3) is 0. The van der Waals surface area contributed by atoms with Crippen molar-refractivity contribution in [3.05, 3.63) is 127 Å². The van der Waals surface area contributed by atoms with E-state index in [1.165, 1.54) is 104 Å². The van der Waals surface area contributed by atoms with E-state index in [1.807, 2.05) is 0 Å². The lowest BCUT2D eigenvalue weighted by atomic mass is 9.34. The van der Waals surface area contributed by atoms with E-state index in [2.05, 4.69) is 137 Å². The molecule has 0 saturated heterocycles. The van der Waals surface area contributed by atoms with Gasteiger partial charge in [-0.3, -0.25) is 0 Å². The number of aromatic nitrogens is 2. The molecule has 3 heteroatoms. The van der Waals surface area contributed by atoms with Crippen LogP contribution in [0.25, 0.3) is 87.3 Å². The van der Waals surface area contributed by atoms with Crippen LogP contribution in [0.1, 0.15) is 0 Å². The standard InChI is InChI=1S/C40H21BN2/c1-2-17-31-24(10-1)25-11-5-15-29-38(25)42(31)32-18-7-19-33-37(32)41(29)30-16-6-14-28-36-26-12-3-8-22-20-21-23-9-4-13-27(35(23)34(22)26)40(36)43(33)39(28)30/h1-21H. The molecule has 2 nitrogen and oxygen atoms in total. The van der Waals surface area contributed by atoms with E-state index >= 15 is 0 Å². The topological polar surface area (TPSA) is 9.86 Å². The molecule has 0 fully saturated rings. The van der Waals surface area contributed by atoms with Crippen LogP contribution in [-0.2, 0) is 0 Å². The van der Waals surface area contributed by atoms with Crippen LogP contribution in [0, 0.1) is 0 Å². The van der Waals surface area contributed by atoms with Crippen LogP contribution < -0.4 is 16.4 Å². The Labute approximate surface area is 246 Å². The predicted molar refractivity (Wildman–Crippen MR) is 183 cm³/mol. The van der Waals surface area contributed by atoms with Crippen molar-refractivity contribution in [3.8, 4) is 11.4 Å². The number of rotatable bonds is 0. The zero-order valence-corrected chi connectivity index (χ0v) is 23.1. The van der Waals surface area contributed by atoms with Gasteiger partial charge in [-0.1, -0.05) is 109 Å². The van der Waals surface area contributed by atoms with Crippen LogP contribution >= 0.6 is 0 Å². The smallest absolute Gasteiger partial charge is 0.252 e. The Morgan fingerprint density at radius 2 is 0.930 bits per heavy atom. The molecule has 2 aliphatic rings. The zero-order chi connectivity index (χ0) is 27.6. The average molecular weight is 540 g/mol. The number of hydrogen-bond acceptors (Lipinski definition) is 0. The highest BCUT2D eigenvalue weighted by Crippen LogP contribution is 2.46. The quantitative estimate of drug-likeness (QED) is 0.137. The van der Waals surface area contributed by atoms with Crippen molar-refractivity contribution in [2.75, 3.05) is 0 Å². The molecular weight excluding hydrogens is 519 g/mol. The second kappa shape index (κ2) is 6.91. The summed E-state index contributed by atoms with van der Waals surface area (Å²) in [6.45, 7) is 0.174. The molecule has 0 radical (unpaired) electrons. The van der Waals surface area contributed by atoms with Crippen LogP contribution in [0.5, 0.6) is 0 Å². The maximum atomic E-state index is 2.62. The normalized spacial score (nSPS) is 13.5. The summed E-state index contributed by atoms with van der Waals surface area (Å²) in [6, 6.07) is 48.1. The second-order valence-corrected chi connectivity index (χ2v) is 12.4. The molecule has 0 unspecified atom stereocenters. The Morgan fingerprint density at radius 3 is 1.72 bits per heavy atom. The number of benzene rings is 8. The van der Waals surface area contributed by atoms with Gasteiger partial charge in [-0.05, 0) is 61.5 Å². The summed E-state index contributed by atoms with van der Waals surface area (Å²) in [5, 5.41) is 13.4. The maximum Gasteiger partial charge on any atom is 0.252 e. The van der Waals surface area contributed by atoms with E-state index in [-0.39, 0.29) is 6.71 Å². The van der Waals surface area contributed by atoms with Crippen molar-refractivity contribution in [2.24, 2.45) is 0 Å². The van der Waals surface area contributed by atoms with Gasteiger partial charge in [-0.15, -0.1) is 0 Å². The summed E-state index contributed by atoms with van der Waals surface area (Å²) in [4.78, 5) is 0. The number of nitrogens with zero attached hydrogens (tertiary/aromatic N) is 2. The molecule has 0 spiro atoms. The van der Waals surface area contributed by atoms with Gasteiger partial charge >= 0.3 is 0 Å². The first kappa shape index (κ1) is 21.2. The van der Waals surface area contributed by atoms with Crippen LogP contribution in [0.4, 0.5) is 0 Å². The minimum Gasteiger partial charge on any atom is -0.310 e. The first-order valence-corrected chi connectivity index (χ1v) is 15.2. The van der Waals surface area contributed by atoms with E-state index in [0.717, 1.165) is 0 Å². The van der Waals surface area contributed by atoms with E-state index < -0.39 is 0 Å². The molecule has 0 aliphatic carbocycles. The SMILES string of the molecule is c1cc2c3c(c1)-n1c4c(cccc4c4c5cccc6ccc7cccc(c7c65)c41)B3c1cccc3c4ccccc4n-2c13. The predicted octanol–water partition coefficient (Wildman–Crippen LogP) is 7.92. The van der Waals surface area contributed by atoms with Crippen molar-refractivity contribution >= 4 is 99.0 Å². The highest BCUT2D eigenvalue weighted by molar-refractivity contribution is 7.00. The van der Waals surface area contributed by atoms with Crippen molar-refractivity contribution in [2.45, 2.75) is 0 Å². The van der Waals surface area contributed by atoms with Crippen molar-refractivity contribution < 1.29 is 0 Å². The molecule has 10 aromatic rings. The van der Waals surface area contributed by atoms with Gasteiger partial charge in [0.1, 0.15) is 0 Å². The lowest BCUT2D eigenvalue weighted by Gasteiger charge is -2.33. The van der Waals surface area contributed by atoms with E-state index in [1.54, 1.807) is 0 Å². The maximum absolute atomic E-state index is 2.62. The molecule has 194 valence electrons. The fourth-order valence-electron chi connectivity index (χ4n) is 9.16. The molecule has 0 saturated carbocycles. The van der Waals surface area contributed by atoms with Gasteiger partial charge in [0.15, 0.2) is 0 Å². The lowest BCUT2D eigenvalue weighted by molar-refractivity contribution is 1.15. The molecule has 12 rings (SSSR count). The molecule has 43 heavy (non-hydrogen) atoms. The van der Waals surface area contributed by atoms with Gasteiger partial charge in [0.05, 0.1) is 11.0 Å². The summed E-state index contributed by atoms with van der Waals surface area (Å²) in [7, 11) is 0. The Bertz CT molecular complexity index is 2900. The Morgan fingerprint density at radius 1 is 0.372 bits per heavy atom.